The Morgan fingerprint density at radius 1 is 1.08 bits per heavy atom. The van der Waals surface area contributed by atoms with Gasteiger partial charge in [-0.1, -0.05) is 12.5 Å². The maximum absolute atomic E-state index is 12.8. The molecule has 1 saturated heterocycles. The molecule has 0 aliphatic carbocycles. The predicted octanol–water partition coefficient (Wildman–Crippen LogP) is 3.68. The van der Waals surface area contributed by atoms with Gasteiger partial charge in [0, 0.05) is 18.8 Å². The lowest BCUT2D eigenvalue weighted by atomic mass is 10.2. The van der Waals surface area contributed by atoms with E-state index in [9.17, 15) is 8.42 Å². The number of benzene rings is 1. The Morgan fingerprint density at radius 2 is 1.83 bits per heavy atom. The van der Waals surface area contributed by atoms with Gasteiger partial charge in [-0.3, -0.25) is 0 Å². The van der Waals surface area contributed by atoms with Gasteiger partial charge >= 0.3 is 0 Å². The highest BCUT2D eigenvalue weighted by Crippen LogP contribution is 2.25. The van der Waals surface area contributed by atoms with Crippen molar-refractivity contribution in [2.24, 2.45) is 0 Å². The van der Waals surface area contributed by atoms with Gasteiger partial charge in [-0.15, -0.1) is 0 Å². The minimum Gasteiger partial charge on any atom is -0.465 e. The molecule has 5 nitrogen and oxygen atoms in total. The first kappa shape index (κ1) is 17.0. The summed E-state index contributed by atoms with van der Waals surface area (Å²) in [4.78, 5) is 0.355. The number of piperidine rings is 1. The Balaban J connectivity index is 1.80. The maximum Gasteiger partial charge on any atom is 0.243 e. The van der Waals surface area contributed by atoms with Crippen LogP contribution in [0.15, 0.2) is 39.6 Å². The summed E-state index contributed by atoms with van der Waals surface area (Å²) < 4.78 is 32.8. The average molecular weight is 348 g/mol. The zero-order chi connectivity index (χ0) is 17.2. The van der Waals surface area contributed by atoms with Crippen LogP contribution in [0, 0.1) is 13.8 Å². The minimum atomic E-state index is -3.41. The lowest BCUT2D eigenvalue weighted by Gasteiger charge is -2.26. The van der Waals surface area contributed by atoms with E-state index in [1.165, 1.54) is 0 Å². The van der Waals surface area contributed by atoms with E-state index >= 15 is 0 Å². The third-order valence-corrected chi connectivity index (χ3v) is 6.31. The molecule has 2 heterocycles. The van der Waals surface area contributed by atoms with E-state index in [0.717, 1.165) is 42.0 Å². The lowest BCUT2D eigenvalue weighted by molar-refractivity contribution is 0.346. The zero-order valence-electron chi connectivity index (χ0n) is 14.2. The van der Waals surface area contributed by atoms with Gasteiger partial charge in [0.25, 0.3) is 0 Å². The van der Waals surface area contributed by atoms with Gasteiger partial charge in [-0.2, -0.15) is 4.31 Å². The molecule has 1 N–H and O–H groups in total. The molecule has 0 saturated carbocycles. The molecule has 0 radical (unpaired) electrons. The highest BCUT2D eigenvalue weighted by Gasteiger charge is 2.26. The number of nitrogens with zero attached hydrogens (tertiary/aromatic N) is 1. The van der Waals surface area contributed by atoms with Crippen LogP contribution in [0.1, 0.15) is 36.3 Å². The summed E-state index contributed by atoms with van der Waals surface area (Å²) in [5.74, 6) is 1.70. The molecule has 24 heavy (non-hydrogen) atoms. The number of furan rings is 1. The second kappa shape index (κ2) is 6.99. The summed E-state index contributed by atoms with van der Waals surface area (Å²) in [7, 11) is -3.41. The number of nitrogens with one attached hydrogen (secondary N) is 1. The molecule has 130 valence electrons. The SMILES string of the molecule is Cc1ccc(CNc2cc(S(=O)(=O)N3CCCCC3)ccc2C)o1. The summed E-state index contributed by atoms with van der Waals surface area (Å²) in [5.41, 5.74) is 1.83. The fraction of sp³-hybridized carbons (Fsp3) is 0.444. The normalized spacial score (nSPS) is 16.2. The molecule has 1 aromatic heterocycles. The number of rotatable bonds is 5. The summed E-state index contributed by atoms with van der Waals surface area (Å²) in [6, 6.07) is 9.12. The summed E-state index contributed by atoms with van der Waals surface area (Å²) >= 11 is 0. The van der Waals surface area contributed by atoms with Crippen LogP contribution in [0.2, 0.25) is 0 Å². The van der Waals surface area contributed by atoms with Crippen molar-refractivity contribution < 1.29 is 12.8 Å². The fourth-order valence-corrected chi connectivity index (χ4v) is 4.51. The van der Waals surface area contributed by atoms with E-state index in [-0.39, 0.29) is 0 Å². The van der Waals surface area contributed by atoms with E-state index in [1.54, 1.807) is 16.4 Å². The molecular weight excluding hydrogens is 324 g/mol. The van der Waals surface area contributed by atoms with Crippen LogP contribution in [0.3, 0.4) is 0 Å². The fourth-order valence-electron chi connectivity index (χ4n) is 2.97. The van der Waals surface area contributed by atoms with Gasteiger partial charge in [0.15, 0.2) is 0 Å². The van der Waals surface area contributed by atoms with Gasteiger partial charge < -0.3 is 9.73 Å². The van der Waals surface area contributed by atoms with E-state index in [0.29, 0.717) is 24.5 Å². The van der Waals surface area contributed by atoms with Crippen molar-refractivity contribution >= 4 is 15.7 Å². The van der Waals surface area contributed by atoms with Crippen molar-refractivity contribution in [3.8, 4) is 0 Å². The van der Waals surface area contributed by atoms with Crippen molar-refractivity contribution in [3.05, 3.63) is 47.4 Å². The molecule has 1 aliphatic rings. The first-order chi connectivity index (χ1) is 11.5. The first-order valence-corrected chi connectivity index (χ1v) is 9.81. The number of hydrogen-bond donors (Lipinski definition) is 1. The van der Waals surface area contributed by atoms with Crippen LogP contribution in [0.4, 0.5) is 5.69 Å². The second-order valence-corrected chi connectivity index (χ2v) is 8.25. The Hall–Kier alpha value is -1.79. The Kier molecular flexibility index (Phi) is 4.96. The lowest BCUT2D eigenvalue weighted by Crippen LogP contribution is -2.35. The molecule has 1 fully saturated rings. The molecule has 0 unspecified atom stereocenters. The topological polar surface area (TPSA) is 62.6 Å². The van der Waals surface area contributed by atoms with Crippen LogP contribution < -0.4 is 5.32 Å². The Morgan fingerprint density at radius 3 is 2.50 bits per heavy atom. The van der Waals surface area contributed by atoms with Crippen molar-refractivity contribution in [2.75, 3.05) is 18.4 Å². The van der Waals surface area contributed by atoms with E-state index in [2.05, 4.69) is 5.32 Å². The molecule has 0 amide bonds. The Bertz CT molecular complexity index is 805. The monoisotopic (exact) mass is 348 g/mol. The molecule has 0 spiro atoms. The second-order valence-electron chi connectivity index (χ2n) is 6.31. The number of anilines is 1. The van der Waals surface area contributed by atoms with Crippen LogP contribution >= 0.6 is 0 Å². The van der Waals surface area contributed by atoms with Crippen LogP contribution in [-0.2, 0) is 16.6 Å². The molecule has 2 aromatic rings. The van der Waals surface area contributed by atoms with Gasteiger partial charge in [-0.05, 0) is 56.5 Å². The van der Waals surface area contributed by atoms with Crippen LogP contribution in [0.25, 0.3) is 0 Å². The third-order valence-electron chi connectivity index (χ3n) is 4.41. The summed E-state index contributed by atoms with van der Waals surface area (Å²) in [6.07, 6.45) is 2.98. The number of hydrogen-bond acceptors (Lipinski definition) is 4. The largest absolute Gasteiger partial charge is 0.465 e. The van der Waals surface area contributed by atoms with Crippen molar-refractivity contribution in [1.29, 1.82) is 0 Å². The molecule has 6 heteroatoms. The highest BCUT2D eigenvalue weighted by molar-refractivity contribution is 7.89. The summed E-state index contributed by atoms with van der Waals surface area (Å²) in [6.45, 7) is 5.63. The van der Waals surface area contributed by atoms with Gasteiger partial charge in [0.2, 0.25) is 10.0 Å². The quantitative estimate of drug-likeness (QED) is 0.895. The van der Waals surface area contributed by atoms with Crippen molar-refractivity contribution in [3.63, 3.8) is 0 Å². The van der Waals surface area contributed by atoms with Crippen LogP contribution in [0.5, 0.6) is 0 Å². The number of sulfonamides is 1. The molecule has 3 rings (SSSR count). The van der Waals surface area contributed by atoms with E-state index in [1.807, 2.05) is 32.0 Å². The Labute approximate surface area is 143 Å². The zero-order valence-corrected chi connectivity index (χ0v) is 15.0. The summed E-state index contributed by atoms with van der Waals surface area (Å²) in [5, 5.41) is 3.28. The predicted molar refractivity (Wildman–Crippen MR) is 94.6 cm³/mol. The number of aryl methyl sites for hydroxylation is 2. The van der Waals surface area contributed by atoms with Crippen molar-refractivity contribution in [1.82, 2.24) is 4.31 Å². The average Bonchev–Trinajstić information content (AvgIpc) is 3.00. The molecule has 1 aliphatic heterocycles. The van der Waals surface area contributed by atoms with E-state index < -0.39 is 10.0 Å². The van der Waals surface area contributed by atoms with Gasteiger partial charge in [-0.25, -0.2) is 8.42 Å². The van der Waals surface area contributed by atoms with Crippen molar-refractivity contribution in [2.45, 2.75) is 44.6 Å². The highest BCUT2D eigenvalue weighted by atomic mass is 32.2. The van der Waals surface area contributed by atoms with E-state index in [4.69, 9.17) is 4.42 Å². The standard InChI is InChI=1S/C18H24N2O3S/c1-14-6-9-17(24(21,22)20-10-4-3-5-11-20)12-18(14)19-13-16-8-7-15(2)23-16/h6-9,12,19H,3-5,10-11,13H2,1-2H3. The molecule has 0 atom stereocenters. The maximum atomic E-state index is 12.8. The third kappa shape index (κ3) is 3.65. The first-order valence-electron chi connectivity index (χ1n) is 8.37. The molecule has 1 aromatic carbocycles. The van der Waals surface area contributed by atoms with Gasteiger partial charge in [0.05, 0.1) is 11.4 Å². The smallest absolute Gasteiger partial charge is 0.243 e. The van der Waals surface area contributed by atoms with Gasteiger partial charge in [0.1, 0.15) is 11.5 Å². The van der Waals surface area contributed by atoms with Crippen LogP contribution in [-0.4, -0.2) is 25.8 Å². The molecular formula is C18H24N2O3S. The molecule has 0 bridgehead atoms. The minimum absolute atomic E-state index is 0.355.